The molecular weight excluding hydrogens is 322 g/mol. The zero-order chi connectivity index (χ0) is 16.5. The minimum Gasteiger partial charge on any atom is -0.423 e. The van der Waals surface area contributed by atoms with Crippen molar-refractivity contribution >= 4 is 39.0 Å². The van der Waals surface area contributed by atoms with E-state index in [1.165, 1.54) is 0 Å². The first kappa shape index (κ1) is 14.8. The van der Waals surface area contributed by atoms with E-state index in [9.17, 15) is 4.79 Å². The largest absolute Gasteiger partial charge is 0.423 e. The highest BCUT2D eigenvalue weighted by molar-refractivity contribution is 6.33. The van der Waals surface area contributed by atoms with Crippen LogP contribution < -0.4 is 10.9 Å². The van der Waals surface area contributed by atoms with E-state index in [2.05, 4.69) is 5.32 Å². The molecule has 1 aromatic heterocycles. The molecule has 0 unspecified atom stereocenters. The predicted octanol–water partition coefficient (Wildman–Crippen LogP) is 5.21. The summed E-state index contributed by atoms with van der Waals surface area (Å²) in [6.07, 6.45) is 0. The summed E-state index contributed by atoms with van der Waals surface area (Å²) in [6.45, 7) is 0.486. The van der Waals surface area contributed by atoms with E-state index in [4.69, 9.17) is 16.0 Å². The Morgan fingerprint density at radius 1 is 0.958 bits per heavy atom. The lowest BCUT2D eigenvalue weighted by Crippen LogP contribution is -2.06. The number of hydrogen-bond acceptors (Lipinski definition) is 3. The van der Waals surface area contributed by atoms with E-state index in [1.807, 2.05) is 60.7 Å². The minimum absolute atomic E-state index is 0.353. The van der Waals surface area contributed by atoms with Crippen molar-refractivity contribution in [2.45, 2.75) is 6.54 Å². The number of hydrogen-bond donors (Lipinski definition) is 1. The second kappa shape index (κ2) is 6.02. The van der Waals surface area contributed by atoms with Gasteiger partial charge in [0.25, 0.3) is 0 Å². The molecule has 4 heteroatoms. The summed E-state index contributed by atoms with van der Waals surface area (Å²) in [6, 6.07) is 21.0. The normalized spacial score (nSPS) is 11.0. The first-order valence-electron chi connectivity index (χ1n) is 7.65. The highest BCUT2D eigenvalue weighted by Gasteiger charge is 2.10. The highest BCUT2D eigenvalue weighted by Crippen LogP contribution is 2.28. The van der Waals surface area contributed by atoms with Crippen molar-refractivity contribution in [1.29, 1.82) is 0 Å². The molecule has 1 heterocycles. The maximum atomic E-state index is 11.9. The summed E-state index contributed by atoms with van der Waals surface area (Å²) >= 11 is 6.19. The average Bonchev–Trinajstić information content (AvgIpc) is 2.60. The van der Waals surface area contributed by atoms with Gasteiger partial charge in [0.05, 0.1) is 10.7 Å². The lowest BCUT2D eigenvalue weighted by Gasteiger charge is -2.11. The zero-order valence-electron chi connectivity index (χ0n) is 12.8. The Morgan fingerprint density at radius 2 is 1.75 bits per heavy atom. The van der Waals surface area contributed by atoms with Crippen molar-refractivity contribution in [3.05, 3.63) is 87.7 Å². The van der Waals surface area contributed by atoms with Crippen LogP contribution in [0.1, 0.15) is 5.56 Å². The molecule has 0 fully saturated rings. The lowest BCUT2D eigenvalue weighted by atomic mass is 10.0. The number of nitrogens with one attached hydrogen (secondary N) is 1. The molecule has 0 saturated heterocycles. The van der Waals surface area contributed by atoms with Crippen LogP contribution in [0.2, 0.25) is 5.02 Å². The van der Waals surface area contributed by atoms with Gasteiger partial charge in [-0.05, 0) is 34.5 Å². The van der Waals surface area contributed by atoms with Gasteiger partial charge in [0.15, 0.2) is 0 Å². The molecule has 0 amide bonds. The summed E-state index contributed by atoms with van der Waals surface area (Å²) in [7, 11) is 0. The summed E-state index contributed by atoms with van der Waals surface area (Å²) < 4.78 is 5.38. The maximum absolute atomic E-state index is 11.9. The molecule has 0 aliphatic heterocycles. The number of fused-ring (bicyclic) bond motifs is 3. The maximum Gasteiger partial charge on any atom is 0.336 e. The van der Waals surface area contributed by atoms with Crippen LogP contribution in [-0.4, -0.2) is 0 Å². The Labute approximate surface area is 143 Å². The van der Waals surface area contributed by atoms with Crippen LogP contribution in [0.5, 0.6) is 0 Å². The Hall–Kier alpha value is -2.78. The van der Waals surface area contributed by atoms with Crippen LogP contribution in [0.4, 0.5) is 5.69 Å². The van der Waals surface area contributed by atoms with Gasteiger partial charge in [-0.15, -0.1) is 0 Å². The van der Waals surface area contributed by atoms with Crippen LogP contribution in [0.25, 0.3) is 21.7 Å². The Kier molecular flexibility index (Phi) is 3.71. The average molecular weight is 336 g/mol. The van der Waals surface area contributed by atoms with Crippen molar-refractivity contribution in [2.75, 3.05) is 5.32 Å². The predicted molar refractivity (Wildman–Crippen MR) is 98.8 cm³/mol. The van der Waals surface area contributed by atoms with E-state index >= 15 is 0 Å². The molecule has 0 atom stereocenters. The van der Waals surface area contributed by atoms with Crippen LogP contribution in [0.3, 0.4) is 0 Å². The molecule has 0 radical (unpaired) electrons. The topological polar surface area (TPSA) is 42.2 Å². The number of rotatable bonds is 3. The molecule has 0 spiro atoms. The Bertz CT molecular complexity index is 1100. The molecule has 0 saturated carbocycles. The minimum atomic E-state index is -0.353. The van der Waals surface area contributed by atoms with E-state index < -0.39 is 0 Å². The van der Waals surface area contributed by atoms with Crippen LogP contribution in [0, 0.1) is 0 Å². The number of para-hydroxylation sites is 1. The fraction of sp³-hybridized carbons (Fsp3) is 0.0500. The standard InChI is InChI=1S/C20H14ClNO2/c21-16-7-3-4-8-17(16)22-12-14-11-19(23)24-18-10-9-13-5-1-2-6-15(13)20(14)18/h1-11,22H,12H2. The quantitative estimate of drug-likeness (QED) is 0.412. The van der Waals surface area contributed by atoms with Crippen LogP contribution in [-0.2, 0) is 6.54 Å². The SMILES string of the molecule is O=c1cc(CNc2ccccc2Cl)c2c(ccc3ccccc32)o1. The second-order valence-electron chi connectivity index (χ2n) is 5.58. The number of anilines is 1. The molecule has 4 aromatic rings. The summed E-state index contributed by atoms with van der Waals surface area (Å²) in [4.78, 5) is 11.9. The van der Waals surface area contributed by atoms with E-state index in [0.29, 0.717) is 17.2 Å². The molecule has 3 nitrogen and oxygen atoms in total. The fourth-order valence-corrected chi connectivity index (χ4v) is 3.16. The van der Waals surface area contributed by atoms with Gasteiger partial charge in [-0.25, -0.2) is 4.79 Å². The van der Waals surface area contributed by atoms with Crippen LogP contribution >= 0.6 is 11.6 Å². The van der Waals surface area contributed by atoms with Gasteiger partial charge < -0.3 is 9.73 Å². The Balaban J connectivity index is 1.86. The lowest BCUT2D eigenvalue weighted by molar-refractivity contribution is 0.559. The Morgan fingerprint density at radius 3 is 2.62 bits per heavy atom. The third-order valence-electron chi connectivity index (χ3n) is 4.06. The molecule has 0 aliphatic carbocycles. The monoisotopic (exact) mass is 335 g/mol. The zero-order valence-corrected chi connectivity index (χ0v) is 13.5. The third-order valence-corrected chi connectivity index (χ3v) is 4.39. The summed E-state index contributed by atoms with van der Waals surface area (Å²) in [5, 5.41) is 7.07. The van der Waals surface area contributed by atoms with Gasteiger partial charge in [0, 0.05) is 18.0 Å². The molecule has 0 aliphatic rings. The summed E-state index contributed by atoms with van der Waals surface area (Å²) in [5.41, 5.74) is 1.96. The van der Waals surface area contributed by atoms with E-state index in [0.717, 1.165) is 27.4 Å². The molecule has 1 N–H and O–H groups in total. The molecule has 118 valence electrons. The van der Waals surface area contributed by atoms with Gasteiger partial charge in [-0.1, -0.05) is 54.1 Å². The summed E-state index contributed by atoms with van der Waals surface area (Å²) in [5.74, 6) is 0. The second-order valence-corrected chi connectivity index (χ2v) is 5.99. The van der Waals surface area contributed by atoms with Gasteiger partial charge in [-0.3, -0.25) is 0 Å². The molecule has 0 bridgehead atoms. The van der Waals surface area contributed by atoms with Gasteiger partial charge >= 0.3 is 5.63 Å². The smallest absolute Gasteiger partial charge is 0.336 e. The van der Waals surface area contributed by atoms with Crippen molar-refractivity contribution in [3.8, 4) is 0 Å². The van der Waals surface area contributed by atoms with Crippen molar-refractivity contribution < 1.29 is 4.42 Å². The fourth-order valence-electron chi connectivity index (χ4n) is 2.95. The third kappa shape index (κ3) is 2.63. The van der Waals surface area contributed by atoms with Gasteiger partial charge in [0.1, 0.15) is 5.58 Å². The molecule has 3 aromatic carbocycles. The van der Waals surface area contributed by atoms with Crippen molar-refractivity contribution in [3.63, 3.8) is 0 Å². The van der Waals surface area contributed by atoms with Gasteiger partial charge in [-0.2, -0.15) is 0 Å². The number of benzene rings is 3. The van der Waals surface area contributed by atoms with Crippen molar-refractivity contribution in [1.82, 2.24) is 0 Å². The van der Waals surface area contributed by atoms with E-state index in [1.54, 1.807) is 6.07 Å². The van der Waals surface area contributed by atoms with Crippen LogP contribution in [0.15, 0.2) is 75.9 Å². The van der Waals surface area contributed by atoms with Crippen molar-refractivity contribution in [2.24, 2.45) is 0 Å². The van der Waals surface area contributed by atoms with Gasteiger partial charge in [0.2, 0.25) is 0 Å². The van der Waals surface area contributed by atoms with E-state index in [-0.39, 0.29) is 5.63 Å². The highest BCUT2D eigenvalue weighted by atomic mass is 35.5. The molecule has 24 heavy (non-hydrogen) atoms. The number of halogens is 1. The molecular formula is C20H14ClNO2. The first-order chi connectivity index (χ1) is 11.7. The first-order valence-corrected chi connectivity index (χ1v) is 8.03. The molecule has 4 rings (SSSR count).